The molecule has 4 atom stereocenters. The van der Waals surface area contributed by atoms with Crippen LogP contribution in [0.2, 0.25) is 0 Å². The Labute approximate surface area is 321 Å². The number of ketones is 1. The van der Waals surface area contributed by atoms with Crippen LogP contribution in [0.3, 0.4) is 0 Å². The Bertz CT molecular complexity index is 1330. The van der Waals surface area contributed by atoms with Crippen LogP contribution < -0.4 is 0 Å². The van der Waals surface area contributed by atoms with E-state index in [0.717, 1.165) is 33.4 Å². The van der Waals surface area contributed by atoms with Crippen molar-refractivity contribution in [3.05, 3.63) is 72.8 Å². The van der Waals surface area contributed by atoms with E-state index in [1.54, 1.807) is 12.1 Å². The SMILES string of the molecule is O=C1C2CCCCC2C2CCCCC12.Oc1ccc2ccccc2c1-c1c(O)ccc2ccccc12.[Ar].[Ar].[Ar]. The van der Waals surface area contributed by atoms with Gasteiger partial charge < -0.3 is 10.2 Å². The Kier molecular flexibility index (Phi) is 13.3. The normalized spacial score (nSPS) is 23.2. The molecule has 0 spiro atoms. The fourth-order valence-electron chi connectivity index (χ4n) is 7.37. The third kappa shape index (κ3) is 6.84. The Hall–Kier alpha value is 0.449. The quantitative estimate of drug-likeness (QED) is 0.232. The minimum Gasteiger partial charge on any atom is -0.507 e. The average Bonchev–Trinajstić information content (AvgIpc) is 3.22. The summed E-state index contributed by atoms with van der Waals surface area (Å²) in [5, 5.41) is 24.8. The van der Waals surface area contributed by atoms with E-state index in [1.165, 1.54) is 51.4 Å². The molecule has 3 saturated carbocycles. The van der Waals surface area contributed by atoms with Crippen molar-refractivity contribution in [3.8, 4) is 22.6 Å². The summed E-state index contributed by atoms with van der Waals surface area (Å²) in [6, 6.07) is 22.9. The standard InChI is InChI=1S/C20H14O2.C13H20O.3Ar/c21-17-11-9-13-5-1-3-7-15(13)19(17)20-16-8-4-2-6-14(16)10-12-18(20)22;14-13-11-7-3-1-5-9(11)10-6-2-4-8-12(10)13;;;/h1-12,21-22H;9-12H,1-8H2;;;. The molecular formula is C33H34Ar3O3. The van der Waals surface area contributed by atoms with Gasteiger partial charge in [0.25, 0.3) is 0 Å². The van der Waals surface area contributed by atoms with E-state index < -0.39 is 0 Å². The summed E-state index contributed by atoms with van der Waals surface area (Å²) >= 11 is 0. The van der Waals surface area contributed by atoms with Crippen molar-refractivity contribution < 1.29 is 128 Å². The minimum atomic E-state index is 0. The monoisotopic (exact) mass is 598 g/mol. The molecule has 2 N–H and O–H groups in total. The Morgan fingerprint density at radius 1 is 0.513 bits per heavy atom. The molecule has 4 aromatic carbocycles. The van der Waals surface area contributed by atoms with Crippen molar-refractivity contribution in [2.75, 3.05) is 0 Å². The van der Waals surface area contributed by atoms with Gasteiger partial charge in [0.2, 0.25) is 0 Å². The first-order valence-corrected chi connectivity index (χ1v) is 13.6. The Morgan fingerprint density at radius 3 is 1.33 bits per heavy atom. The fraction of sp³-hybridized carbons (Fsp3) is 0.364. The molecule has 0 saturated heterocycles. The van der Waals surface area contributed by atoms with Crippen LogP contribution >= 0.6 is 0 Å². The predicted octanol–water partition coefficient (Wildman–Crippen LogP) is 8.25. The number of hydrogen-bond donors (Lipinski definition) is 2. The molecule has 7 rings (SSSR count). The van der Waals surface area contributed by atoms with Crippen LogP contribution in [0.25, 0.3) is 32.7 Å². The van der Waals surface area contributed by atoms with Crippen molar-refractivity contribution >= 4 is 27.3 Å². The molecule has 4 unspecified atom stereocenters. The second-order valence-corrected chi connectivity index (χ2v) is 10.9. The second-order valence-electron chi connectivity index (χ2n) is 10.9. The summed E-state index contributed by atoms with van der Waals surface area (Å²) in [5.74, 6) is 3.62. The van der Waals surface area contributed by atoms with Crippen molar-refractivity contribution in [3.63, 3.8) is 0 Å². The molecule has 3 aliphatic rings. The van der Waals surface area contributed by atoms with Gasteiger partial charge in [-0.2, -0.15) is 0 Å². The number of rotatable bonds is 1. The van der Waals surface area contributed by atoms with E-state index in [0.29, 0.717) is 28.7 Å². The Balaban J connectivity index is 0.000000216. The molecule has 0 radical (unpaired) electrons. The van der Waals surface area contributed by atoms with E-state index >= 15 is 0 Å². The van der Waals surface area contributed by atoms with Gasteiger partial charge in [-0.05, 0) is 71.2 Å². The zero-order chi connectivity index (χ0) is 24.6. The van der Waals surface area contributed by atoms with Crippen molar-refractivity contribution in [2.45, 2.75) is 51.4 Å². The number of benzene rings is 4. The van der Waals surface area contributed by atoms with E-state index in [-0.39, 0.29) is 125 Å². The maximum absolute atomic E-state index is 12.2. The molecule has 0 aliphatic heterocycles. The van der Waals surface area contributed by atoms with Gasteiger partial charge >= 0.3 is 0 Å². The zero-order valence-corrected chi connectivity index (χ0v) is 23.9. The molecule has 3 nitrogen and oxygen atoms in total. The number of carbonyl (C=O) groups is 1. The molecule has 0 heterocycles. The van der Waals surface area contributed by atoms with E-state index in [4.69, 9.17) is 0 Å². The number of phenolic OH excluding ortho intramolecular Hbond substituents is 2. The van der Waals surface area contributed by atoms with Crippen LogP contribution in [0, 0.1) is 137 Å². The average molecular weight is 598 g/mol. The number of Topliss-reactive ketones (excluding diaryl/α,β-unsaturated/α-hetero) is 1. The summed E-state index contributed by atoms with van der Waals surface area (Å²) in [7, 11) is 0. The first kappa shape index (κ1) is 33.9. The van der Waals surface area contributed by atoms with Gasteiger partial charge in [0, 0.05) is 136 Å². The van der Waals surface area contributed by atoms with Crippen LogP contribution in [0.5, 0.6) is 11.5 Å². The molecule has 6 heteroatoms. The van der Waals surface area contributed by atoms with Crippen LogP contribution in [-0.4, -0.2) is 16.0 Å². The molecule has 3 fully saturated rings. The molecule has 0 amide bonds. The summed E-state index contributed by atoms with van der Waals surface area (Å²) < 4.78 is 0. The fourth-order valence-corrected chi connectivity index (χ4v) is 7.37. The molecule has 3 aliphatic carbocycles. The Morgan fingerprint density at radius 2 is 0.897 bits per heavy atom. The van der Waals surface area contributed by atoms with Gasteiger partial charge in [-0.1, -0.05) is 86.3 Å². The van der Waals surface area contributed by atoms with Crippen LogP contribution in [-0.2, 0) is 4.79 Å². The van der Waals surface area contributed by atoms with Gasteiger partial charge in [-0.25, -0.2) is 0 Å². The molecule has 39 heavy (non-hydrogen) atoms. The van der Waals surface area contributed by atoms with E-state index in [9.17, 15) is 15.0 Å². The molecule has 4 aromatic rings. The van der Waals surface area contributed by atoms with E-state index in [2.05, 4.69) is 0 Å². The summed E-state index contributed by atoms with van der Waals surface area (Å²) in [6.45, 7) is 0. The largest absolute Gasteiger partial charge is 0.507 e. The van der Waals surface area contributed by atoms with Crippen LogP contribution in [0.15, 0.2) is 72.8 Å². The first-order valence-electron chi connectivity index (χ1n) is 13.6. The summed E-state index contributed by atoms with van der Waals surface area (Å²) in [5.41, 5.74) is 1.35. The first-order chi connectivity index (χ1) is 17.6. The topological polar surface area (TPSA) is 57.5 Å². The van der Waals surface area contributed by atoms with Crippen molar-refractivity contribution in [1.29, 1.82) is 0 Å². The minimum absolute atomic E-state index is 0. The molecule has 0 bridgehead atoms. The van der Waals surface area contributed by atoms with Gasteiger partial charge in [0.1, 0.15) is 17.3 Å². The second kappa shape index (κ2) is 15.3. The predicted molar refractivity (Wildman–Crippen MR) is 146 cm³/mol. The summed E-state index contributed by atoms with van der Waals surface area (Å²) in [6.07, 6.45) is 10.6. The number of hydrogen-bond acceptors (Lipinski definition) is 3. The number of phenols is 2. The molecule has 208 valence electrons. The van der Waals surface area contributed by atoms with Gasteiger partial charge in [0.15, 0.2) is 0 Å². The summed E-state index contributed by atoms with van der Waals surface area (Å²) in [4.78, 5) is 12.2. The van der Waals surface area contributed by atoms with Crippen LogP contribution in [0.1, 0.15) is 51.4 Å². The maximum Gasteiger partial charge on any atom is 0.139 e. The van der Waals surface area contributed by atoms with Crippen molar-refractivity contribution in [2.24, 2.45) is 23.7 Å². The zero-order valence-electron chi connectivity index (χ0n) is 21.8. The van der Waals surface area contributed by atoms with Gasteiger partial charge in [-0.3, -0.25) is 4.79 Å². The van der Waals surface area contributed by atoms with Crippen molar-refractivity contribution in [1.82, 2.24) is 0 Å². The third-order valence-corrected chi connectivity index (χ3v) is 8.98. The molecular weight excluding hydrogens is 564 g/mol. The maximum atomic E-state index is 12.2. The molecule has 0 aromatic heterocycles. The van der Waals surface area contributed by atoms with Gasteiger partial charge in [0.05, 0.1) is 0 Å². The number of fused-ring (bicyclic) bond motifs is 5. The smallest absolute Gasteiger partial charge is 0.139 e. The van der Waals surface area contributed by atoms with Gasteiger partial charge in [-0.15, -0.1) is 0 Å². The van der Waals surface area contributed by atoms with E-state index in [1.807, 2.05) is 60.7 Å². The number of aromatic hydroxyl groups is 2. The third-order valence-electron chi connectivity index (χ3n) is 8.98. The number of carbonyl (C=O) groups excluding carboxylic acids is 1. The van der Waals surface area contributed by atoms with Crippen LogP contribution in [0.4, 0.5) is 0 Å².